The highest BCUT2D eigenvalue weighted by Crippen LogP contribution is 2.28. The van der Waals surface area contributed by atoms with Crippen molar-refractivity contribution in [1.29, 1.82) is 0 Å². The van der Waals surface area contributed by atoms with Gasteiger partial charge in [-0.1, -0.05) is 0 Å². The number of rotatable bonds is 3. The first-order chi connectivity index (χ1) is 8.13. The third-order valence-corrected chi connectivity index (χ3v) is 3.68. The molecule has 17 heavy (non-hydrogen) atoms. The van der Waals surface area contributed by atoms with Gasteiger partial charge in [-0.2, -0.15) is 10.2 Å². The number of nitrogens with two attached hydrogens (primary N) is 1. The molecule has 0 atom stereocenters. The fourth-order valence-electron chi connectivity index (χ4n) is 1.42. The minimum Gasteiger partial charge on any atom is -0.326 e. The van der Waals surface area contributed by atoms with E-state index in [9.17, 15) is 0 Å². The maximum absolute atomic E-state index is 5.76. The van der Waals surface area contributed by atoms with Crippen molar-refractivity contribution in [2.24, 2.45) is 12.8 Å². The lowest BCUT2D eigenvalue weighted by Gasteiger charge is -2.09. The molecule has 0 bridgehead atoms. The Balaban J connectivity index is 2.40. The molecular weight excluding hydrogens is 236 g/mol. The van der Waals surface area contributed by atoms with Gasteiger partial charge in [0.05, 0.1) is 5.69 Å². The summed E-state index contributed by atoms with van der Waals surface area (Å²) in [5.74, 6) is 0. The molecule has 0 aromatic carbocycles. The van der Waals surface area contributed by atoms with Crippen LogP contribution in [0.15, 0.2) is 16.5 Å². The number of aryl methyl sites for hydroxylation is 2. The van der Waals surface area contributed by atoms with Crippen LogP contribution in [-0.2, 0) is 13.6 Å². The first-order valence-electron chi connectivity index (χ1n) is 5.18. The van der Waals surface area contributed by atoms with Crippen molar-refractivity contribution in [2.45, 2.75) is 30.6 Å². The van der Waals surface area contributed by atoms with E-state index < -0.39 is 0 Å². The van der Waals surface area contributed by atoms with Gasteiger partial charge in [-0.05, 0) is 31.2 Å². The number of hydrogen-bond donors (Lipinski definition) is 1. The molecule has 0 aliphatic carbocycles. The Kier molecular flexibility index (Phi) is 3.39. The SMILES string of the molecule is Cc1nnc(Sc2ncnn2C)c(CN)c1C. The van der Waals surface area contributed by atoms with Crippen molar-refractivity contribution in [2.75, 3.05) is 0 Å². The third kappa shape index (κ3) is 2.29. The van der Waals surface area contributed by atoms with Gasteiger partial charge in [0.15, 0.2) is 5.16 Å². The summed E-state index contributed by atoms with van der Waals surface area (Å²) in [5.41, 5.74) is 8.78. The normalized spacial score (nSPS) is 10.8. The second kappa shape index (κ2) is 4.80. The monoisotopic (exact) mass is 250 g/mol. The van der Waals surface area contributed by atoms with Gasteiger partial charge in [-0.25, -0.2) is 9.67 Å². The third-order valence-electron chi connectivity index (χ3n) is 2.61. The number of hydrogen-bond acceptors (Lipinski definition) is 6. The summed E-state index contributed by atoms with van der Waals surface area (Å²) in [6, 6.07) is 0. The molecule has 0 aliphatic rings. The highest BCUT2D eigenvalue weighted by molar-refractivity contribution is 7.99. The maximum Gasteiger partial charge on any atom is 0.192 e. The summed E-state index contributed by atoms with van der Waals surface area (Å²) in [4.78, 5) is 4.14. The number of nitrogens with zero attached hydrogens (tertiary/aromatic N) is 5. The lowest BCUT2D eigenvalue weighted by molar-refractivity contribution is 0.683. The molecule has 90 valence electrons. The van der Waals surface area contributed by atoms with Crippen molar-refractivity contribution >= 4 is 11.8 Å². The quantitative estimate of drug-likeness (QED) is 0.869. The Morgan fingerprint density at radius 1 is 1.35 bits per heavy atom. The standard InChI is InChI=1S/C10H14N6S/c1-6-7(2)14-15-9(8(6)4-11)17-10-12-5-13-16(10)3/h5H,4,11H2,1-3H3. The summed E-state index contributed by atoms with van der Waals surface area (Å²) >= 11 is 1.43. The summed E-state index contributed by atoms with van der Waals surface area (Å²) in [5, 5.41) is 13.9. The van der Waals surface area contributed by atoms with Crippen molar-refractivity contribution in [3.05, 3.63) is 23.1 Å². The molecule has 0 radical (unpaired) electrons. The summed E-state index contributed by atoms with van der Waals surface area (Å²) in [7, 11) is 1.84. The van der Waals surface area contributed by atoms with E-state index in [4.69, 9.17) is 5.73 Å². The highest BCUT2D eigenvalue weighted by atomic mass is 32.2. The molecule has 6 nitrogen and oxygen atoms in total. The zero-order valence-electron chi connectivity index (χ0n) is 10.0. The smallest absolute Gasteiger partial charge is 0.192 e. The second-order valence-corrected chi connectivity index (χ2v) is 4.62. The van der Waals surface area contributed by atoms with Gasteiger partial charge >= 0.3 is 0 Å². The van der Waals surface area contributed by atoms with E-state index in [1.807, 2.05) is 20.9 Å². The maximum atomic E-state index is 5.76. The first kappa shape index (κ1) is 12.0. The molecule has 0 saturated heterocycles. The van der Waals surface area contributed by atoms with E-state index >= 15 is 0 Å². The molecular formula is C10H14N6S. The summed E-state index contributed by atoms with van der Waals surface area (Å²) in [6.07, 6.45) is 1.51. The molecule has 0 aliphatic heterocycles. The molecule has 0 amide bonds. The van der Waals surface area contributed by atoms with Crippen LogP contribution >= 0.6 is 11.8 Å². The second-order valence-electron chi connectivity index (χ2n) is 3.67. The number of aromatic nitrogens is 5. The minimum absolute atomic E-state index is 0.447. The topological polar surface area (TPSA) is 82.5 Å². The highest BCUT2D eigenvalue weighted by Gasteiger charge is 2.13. The molecule has 2 aromatic rings. The Bertz CT molecular complexity index is 536. The average Bonchev–Trinajstić information content (AvgIpc) is 2.70. The largest absolute Gasteiger partial charge is 0.326 e. The summed E-state index contributed by atoms with van der Waals surface area (Å²) < 4.78 is 1.70. The fourth-order valence-corrected chi connectivity index (χ4v) is 2.31. The van der Waals surface area contributed by atoms with Crippen LogP contribution in [0, 0.1) is 13.8 Å². The van der Waals surface area contributed by atoms with Crippen LogP contribution in [-0.4, -0.2) is 25.0 Å². The predicted molar refractivity (Wildman–Crippen MR) is 64.5 cm³/mol. The van der Waals surface area contributed by atoms with Gasteiger partial charge in [0, 0.05) is 19.2 Å². The Hall–Kier alpha value is -1.47. The van der Waals surface area contributed by atoms with Crippen molar-refractivity contribution in [1.82, 2.24) is 25.0 Å². The van der Waals surface area contributed by atoms with Crippen molar-refractivity contribution < 1.29 is 0 Å². The van der Waals surface area contributed by atoms with E-state index in [0.29, 0.717) is 6.54 Å². The van der Waals surface area contributed by atoms with E-state index in [1.165, 1.54) is 18.1 Å². The fraction of sp³-hybridized carbons (Fsp3) is 0.400. The van der Waals surface area contributed by atoms with Gasteiger partial charge in [0.1, 0.15) is 11.4 Å². The van der Waals surface area contributed by atoms with Gasteiger partial charge in [-0.15, -0.1) is 5.10 Å². The van der Waals surface area contributed by atoms with Gasteiger partial charge in [0.25, 0.3) is 0 Å². The van der Waals surface area contributed by atoms with E-state index in [0.717, 1.165) is 27.0 Å². The molecule has 0 fully saturated rings. The average molecular weight is 250 g/mol. The van der Waals surface area contributed by atoms with Crippen molar-refractivity contribution in [3.63, 3.8) is 0 Å². The Morgan fingerprint density at radius 3 is 2.71 bits per heavy atom. The molecule has 2 rings (SSSR count). The first-order valence-corrected chi connectivity index (χ1v) is 5.99. The molecule has 0 unspecified atom stereocenters. The van der Waals surface area contributed by atoms with Crippen LogP contribution in [0.1, 0.15) is 16.8 Å². The lowest BCUT2D eigenvalue weighted by atomic mass is 10.1. The van der Waals surface area contributed by atoms with Gasteiger partial charge in [0.2, 0.25) is 0 Å². The van der Waals surface area contributed by atoms with Crippen LogP contribution in [0.4, 0.5) is 0 Å². The van der Waals surface area contributed by atoms with Crippen LogP contribution in [0.25, 0.3) is 0 Å². The van der Waals surface area contributed by atoms with E-state index in [-0.39, 0.29) is 0 Å². The predicted octanol–water partition coefficient (Wildman–Crippen LogP) is 0.832. The Morgan fingerprint density at radius 2 is 2.12 bits per heavy atom. The molecule has 7 heteroatoms. The zero-order valence-corrected chi connectivity index (χ0v) is 10.8. The zero-order chi connectivity index (χ0) is 12.4. The molecule has 0 spiro atoms. The minimum atomic E-state index is 0.447. The van der Waals surface area contributed by atoms with Crippen molar-refractivity contribution in [3.8, 4) is 0 Å². The van der Waals surface area contributed by atoms with Gasteiger partial charge in [-0.3, -0.25) is 0 Å². The van der Waals surface area contributed by atoms with Crippen LogP contribution in [0.2, 0.25) is 0 Å². The summed E-state index contributed by atoms with van der Waals surface area (Å²) in [6.45, 7) is 4.38. The molecule has 2 heterocycles. The van der Waals surface area contributed by atoms with Crippen LogP contribution < -0.4 is 5.73 Å². The van der Waals surface area contributed by atoms with E-state index in [1.54, 1.807) is 4.68 Å². The van der Waals surface area contributed by atoms with Crippen LogP contribution in [0.3, 0.4) is 0 Å². The van der Waals surface area contributed by atoms with Crippen LogP contribution in [0.5, 0.6) is 0 Å². The lowest BCUT2D eigenvalue weighted by Crippen LogP contribution is -2.07. The molecule has 2 aromatic heterocycles. The van der Waals surface area contributed by atoms with E-state index in [2.05, 4.69) is 20.3 Å². The molecule has 0 saturated carbocycles. The molecule has 2 N–H and O–H groups in total. The van der Waals surface area contributed by atoms with Gasteiger partial charge < -0.3 is 5.73 Å². The Labute approximate surface area is 104 Å².